The maximum Gasteiger partial charge on any atom is 0.230 e. The van der Waals surface area contributed by atoms with Crippen LogP contribution < -0.4 is 9.80 Å². The second-order valence-corrected chi connectivity index (χ2v) is 6.58. The zero-order valence-electron chi connectivity index (χ0n) is 14.3. The number of hydrogen-bond donors (Lipinski definition) is 1. The first kappa shape index (κ1) is 15.7. The van der Waals surface area contributed by atoms with Gasteiger partial charge in [0.25, 0.3) is 0 Å². The molecule has 7 heteroatoms. The molecule has 0 aromatic carbocycles. The van der Waals surface area contributed by atoms with Crippen LogP contribution in [0, 0.1) is 0 Å². The zero-order chi connectivity index (χ0) is 16.4. The van der Waals surface area contributed by atoms with Crippen LogP contribution in [-0.4, -0.2) is 45.8 Å². The lowest BCUT2D eigenvalue weighted by molar-refractivity contribution is 0.464. The van der Waals surface area contributed by atoms with Gasteiger partial charge < -0.3 is 9.80 Å². The molecule has 23 heavy (non-hydrogen) atoms. The van der Waals surface area contributed by atoms with E-state index in [0.717, 1.165) is 37.1 Å². The summed E-state index contributed by atoms with van der Waals surface area (Å²) in [5.41, 5.74) is 1.20. The highest BCUT2D eigenvalue weighted by Gasteiger charge is 2.28. The minimum atomic E-state index is 0.271. The van der Waals surface area contributed by atoms with Crippen LogP contribution in [-0.2, 0) is 0 Å². The van der Waals surface area contributed by atoms with Crippen molar-refractivity contribution in [2.45, 2.75) is 45.1 Å². The fourth-order valence-corrected chi connectivity index (χ4v) is 2.92. The fourth-order valence-electron chi connectivity index (χ4n) is 2.92. The van der Waals surface area contributed by atoms with Crippen LogP contribution >= 0.6 is 0 Å². The van der Waals surface area contributed by atoms with Gasteiger partial charge in [-0.1, -0.05) is 13.8 Å². The first-order chi connectivity index (χ1) is 11.1. The minimum absolute atomic E-state index is 0.271. The summed E-state index contributed by atoms with van der Waals surface area (Å²) >= 11 is 0. The van der Waals surface area contributed by atoms with Crippen molar-refractivity contribution >= 4 is 11.9 Å². The van der Waals surface area contributed by atoms with E-state index in [-0.39, 0.29) is 12.0 Å². The monoisotopic (exact) mass is 315 g/mol. The lowest BCUT2D eigenvalue weighted by atomic mass is 9.98. The standard InChI is InChI=1S/C16H25N7/c1-11(2)14-19-15(22(3)4)21-16(20-14)23-8-6-5-7-13(23)12-9-17-18-10-12/h9-11,13H,5-8H2,1-4H3,(H,17,18). The summed E-state index contributed by atoms with van der Waals surface area (Å²) in [6, 6.07) is 0.278. The molecule has 0 spiro atoms. The molecule has 0 radical (unpaired) electrons. The van der Waals surface area contributed by atoms with E-state index in [4.69, 9.17) is 9.97 Å². The number of piperidine rings is 1. The smallest absolute Gasteiger partial charge is 0.230 e. The summed E-state index contributed by atoms with van der Waals surface area (Å²) in [5.74, 6) is 2.61. The third kappa shape index (κ3) is 3.28. The zero-order valence-corrected chi connectivity index (χ0v) is 14.3. The van der Waals surface area contributed by atoms with E-state index in [0.29, 0.717) is 0 Å². The van der Waals surface area contributed by atoms with E-state index in [1.165, 1.54) is 12.0 Å². The first-order valence-electron chi connectivity index (χ1n) is 8.25. The summed E-state index contributed by atoms with van der Waals surface area (Å²) in [6.07, 6.45) is 7.35. The average molecular weight is 315 g/mol. The molecule has 2 aromatic heterocycles. The van der Waals surface area contributed by atoms with E-state index < -0.39 is 0 Å². The van der Waals surface area contributed by atoms with Gasteiger partial charge in [-0.15, -0.1) is 0 Å². The quantitative estimate of drug-likeness (QED) is 0.934. The number of nitrogens with zero attached hydrogens (tertiary/aromatic N) is 6. The van der Waals surface area contributed by atoms with Gasteiger partial charge in [-0.25, -0.2) is 0 Å². The minimum Gasteiger partial charge on any atom is -0.347 e. The Hall–Kier alpha value is -2.18. The van der Waals surface area contributed by atoms with Crippen LogP contribution in [0.5, 0.6) is 0 Å². The third-order valence-electron chi connectivity index (χ3n) is 4.21. The van der Waals surface area contributed by atoms with Crippen molar-refractivity contribution in [1.82, 2.24) is 25.1 Å². The van der Waals surface area contributed by atoms with Crippen molar-refractivity contribution < 1.29 is 0 Å². The van der Waals surface area contributed by atoms with Gasteiger partial charge in [-0.2, -0.15) is 20.1 Å². The number of aromatic amines is 1. The number of H-pyrrole nitrogens is 1. The Morgan fingerprint density at radius 3 is 2.70 bits per heavy atom. The molecule has 1 N–H and O–H groups in total. The Balaban J connectivity index is 2.00. The van der Waals surface area contributed by atoms with Crippen molar-refractivity contribution in [2.75, 3.05) is 30.4 Å². The highest BCUT2D eigenvalue weighted by molar-refractivity contribution is 5.41. The Bertz CT molecular complexity index is 610. The molecular formula is C16H25N7. The predicted molar refractivity (Wildman–Crippen MR) is 90.8 cm³/mol. The molecule has 1 saturated heterocycles. The Labute approximate surface area is 137 Å². The molecule has 0 amide bonds. The maximum atomic E-state index is 4.75. The number of rotatable bonds is 4. The number of anilines is 2. The lowest BCUT2D eigenvalue weighted by Gasteiger charge is -2.35. The molecule has 1 fully saturated rings. The Kier molecular flexibility index (Phi) is 4.45. The summed E-state index contributed by atoms with van der Waals surface area (Å²) in [7, 11) is 3.93. The second kappa shape index (κ2) is 6.52. The van der Waals surface area contributed by atoms with Gasteiger partial charge in [0.15, 0.2) is 0 Å². The number of hydrogen-bond acceptors (Lipinski definition) is 6. The van der Waals surface area contributed by atoms with Crippen LogP contribution in [0.1, 0.15) is 56.5 Å². The molecule has 7 nitrogen and oxygen atoms in total. The summed E-state index contributed by atoms with van der Waals surface area (Å²) < 4.78 is 0. The third-order valence-corrected chi connectivity index (χ3v) is 4.21. The predicted octanol–water partition coefficient (Wildman–Crippen LogP) is 2.52. The highest BCUT2D eigenvalue weighted by atomic mass is 15.3. The van der Waals surface area contributed by atoms with Crippen LogP contribution in [0.3, 0.4) is 0 Å². The van der Waals surface area contributed by atoms with Gasteiger partial charge in [0, 0.05) is 38.3 Å². The van der Waals surface area contributed by atoms with E-state index in [1.54, 1.807) is 0 Å². The van der Waals surface area contributed by atoms with Gasteiger partial charge in [0.2, 0.25) is 11.9 Å². The van der Waals surface area contributed by atoms with Crippen molar-refractivity contribution in [3.8, 4) is 0 Å². The largest absolute Gasteiger partial charge is 0.347 e. The topological polar surface area (TPSA) is 73.8 Å². The van der Waals surface area contributed by atoms with Gasteiger partial charge in [-0.05, 0) is 19.3 Å². The van der Waals surface area contributed by atoms with E-state index in [1.807, 2.05) is 31.4 Å². The summed E-state index contributed by atoms with van der Waals surface area (Å²) in [4.78, 5) is 18.3. The highest BCUT2D eigenvalue weighted by Crippen LogP contribution is 2.33. The molecule has 2 aromatic rings. The maximum absolute atomic E-state index is 4.75. The molecule has 124 valence electrons. The Morgan fingerprint density at radius 2 is 2.04 bits per heavy atom. The van der Waals surface area contributed by atoms with Crippen LogP contribution in [0.25, 0.3) is 0 Å². The van der Waals surface area contributed by atoms with Crippen LogP contribution in [0.2, 0.25) is 0 Å². The summed E-state index contributed by atoms with van der Waals surface area (Å²) in [5, 5.41) is 7.02. The van der Waals surface area contributed by atoms with Gasteiger partial charge >= 0.3 is 0 Å². The average Bonchev–Trinajstić information content (AvgIpc) is 3.08. The molecule has 3 heterocycles. The SMILES string of the molecule is CC(C)c1nc(N(C)C)nc(N2CCCCC2c2cn[nH]c2)n1. The Morgan fingerprint density at radius 1 is 1.22 bits per heavy atom. The van der Waals surface area contributed by atoms with E-state index in [9.17, 15) is 0 Å². The van der Waals surface area contributed by atoms with Crippen molar-refractivity contribution in [3.63, 3.8) is 0 Å². The molecule has 0 saturated carbocycles. The first-order valence-corrected chi connectivity index (χ1v) is 8.25. The van der Waals surface area contributed by atoms with E-state index >= 15 is 0 Å². The number of aromatic nitrogens is 5. The molecule has 1 aliphatic rings. The van der Waals surface area contributed by atoms with Crippen LogP contribution in [0.15, 0.2) is 12.4 Å². The lowest BCUT2D eigenvalue weighted by Crippen LogP contribution is -2.35. The number of nitrogens with one attached hydrogen (secondary N) is 1. The molecule has 0 aliphatic carbocycles. The van der Waals surface area contributed by atoms with Crippen molar-refractivity contribution in [3.05, 3.63) is 23.8 Å². The molecular weight excluding hydrogens is 290 g/mol. The second-order valence-electron chi connectivity index (χ2n) is 6.58. The van der Waals surface area contributed by atoms with Gasteiger partial charge in [-0.3, -0.25) is 5.10 Å². The molecule has 1 aliphatic heterocycles. The van der Waals surface area contributed by atoms with E-state index in [2.05, 4.69) is 33.9 Å². The molecule has 1 unspecified atom stereocenters. The normalized spacial score (nSPS) is 18.5. The van der Waals surface area contributed by atoms with Gasteiger partial charge in [0.1, 0.15) is 5.82 Å². The van der Waals surface area contributed by atoms with Crippen molar-refractivity contribution in [2.24, 2.45) is 0 Å². The fraction of sp³-hybridized carbons (Fsp3) is 0.625. The van der Waals surface area contributed by atoms with Gasteiger partial charge in [0.05, 0.1) is 12.2 Å². The summed E-state index contributed by atoms with van der Waals surface area (Å²) in [6.45, 7) is 5.19. The molecule has 0 bridgehead atoms. The molecule has 3 rings (SSSR count). The van der Waals surface area contributed by atoms with Crippen molar-refractivity contribution in [1.29, 1.82) is 0 Å². The van der Waals surface area contributed by atoms with Crippen LogP contribution in [0.4, 0.5) is 11.9 Å². The molecule has 1 atom stereocenters.